The highest BCUT2D eigenvalue weighted by molar-refractivity contribution is 5.20. The molecule has 2 aliphatic rings. The maximum absolute atomic E-state index is 10.7. The molecule has 21 heavy (non-hydrogen) atoms. The van der Waals surface area contributed by atoms with E-state index in [4.69, 9.17) is 4.74 Å². The summed E-state index contributed by atoms with van der Waals surface area (Å²) in [6, 6.07) is 11.1. The maximum Gasteiger partial charge on any atom is 0.0815 e. The van der Waals surface area contributed by atoms with Crippen molar-refractivity contribution in [3.63, 3.8) is 0 Å². The molecule has 1 aliphatic carbocycles. The van der Waals surface area contributed by atoms with Gasteiger partial charge in [-0.05, 0) is 24.3 Å². The molecule has 1 aliphatic heterocycles. The Labute approximate surface area is 127 Å². The Kier molecular flexibility index (Phi) is 4.94. The van der Waals surface area contributed by atoms with Crippen LogP contribution < -0.4 is 5.32 Å². The van der Waals surface area contributed by atoms with Gasteiger partial charge in [0.1, 0.15) is 0 Å². The summed E-state index contributed by atoms with van der Waals surface area (Å²) < 4.78 is 5.37. The third-order valence-corrected chi connectivity index (χ3v) is 5.10. The molecule has 116 valence electrons. The summed E-state index contributed by atoms with van der Waals surface area (Å²) in [5, 5.41) is 14.4. The SMILES string of the molecule is OC1(CNC(c2ccccc2)C2CCCC2)CCOCC1. The molecule has 3 rings (SSSR count). The van der Waals surface area contributed by atoms with Gasteiger partial charge in [0.25, 0.3) is 0 Å². The van der Waals surface area contributed by atoms with Gasteiger partial charge >= 0.3 is 0 Å². The van der Waals surface area contributed by atoms with Crippen molar-refractivity contribution < 1.29 is 9.84 Å². The number of benzene rings is 1. The van der Waals surface area contributed by atoms with Crippen molar-refractivity contribution in [1.29, 1.82) is 0 Å². The summed E-state index contributed by atoms with van der Waals surface area (Å²) in [5.41, 5.74) is 0.768. The molecule has 1 aromatic carbocycles. The van der Waals surface area contributed by atoms with E-state index in [-0.39, 0.29) is 0 Å². The van der Waals surface area contributed by atoms with Gasteiger partial charge in [-0.1, -0.05) is 43.2 Å². The highest BCUT2D eigenvalue weighted by Crippen LogP contribution is 2.36. The molecule has 1 atom stereocenters. The third-order valence-electron chi connectivity index (χ3n) is 5.10. The highest BCUT2D eigenvalue weighted by Gasteiger charge is 2.32. The lowest BCUT2D eigenvalue weighted by Crippen LogP contribution is -2.46. The van der Waals surface area contributed by atoms with Crippen molar-refractivity contribution >= 4 is 0 Å². The Balaban J connectivity index is 1.67. The first kappa shape index (κ1) is 15.0. The molecular formula is C18H27NO2. The van der Waals surface area contributed by atoms with E-state index in [0.29, 0.717) is 31.7 Å². The summed E-state index contributed by atoms with van der Waals surface area (Å²) in [5.74, 6) is 0.704. The molecule has 3 heteroatoms. The lowest BCUT2D eigenvalue weighted by molar-refractivity contribution is -0.0635. The van der Waals surface area contributed by atoms with E-state index in [9.17, 15) is 5.11 Å². The standard InChI is InChI=1S/C18H27NO2/c20-18(10-12-21-13-11-18)14-19-17(16-8-4-5-9-16)15-6-2-1-3-7-15/h1-3,6-7,16-17,19-20H,4-5,8-14H2. The van der Waals surface area contributed by atoms with Crippen molar-refractivity contribution in [1.82, 2.24) is 5.32 Å². The molecule has 0 radical (unpaired) electrons. The summed E-state index contributed by atoms with van der Waals surface area (Å²) in [4.78, 5) is 0. The second-order valence-corrected chi connectivity index (χ2v) is 6.65. The van der Waals surface area contributed by atoms with E-state index in [0.717, 1.165) is 12.8 Å². The second kappa shape index (κ2) is 6.91. The van der Waals surface area contributed by atoms with Crippen LogP contribution in [0.4, 0.5) is 0 Å². The Morgan fingerprint density at radius 1 is 1.14 bits per heavy atom. The first-order chi connectivity index (χ1) is 10.3. The normalized spacial score (nSPS) is 24.0. The van der Waals surface area contributed by atoms with Gasteiger partial charge in [0.2, 0.25) is 0 Å². The van der Waals surface area contributed by atoms with Crippen LogP contribution in [0.3, 0.4) is 0 Å². The zero-order valence-corrected chi connectivity index (χ0v) is 12.8. The lowest BCUT2D eigenvalue weighted by Gasteiger charge is -2.35. The first-order valence-electron chi connectivity index (χ1n) is 8.35. The van der Waals surface area contributed by atoms with Gasteiger partial charge in [-0.25, -0.2) is 0 Å². The van der Waals surface area contributed by atoms with Crippen LogP contribution >= 0.6 is 0 Å². The van der Waals surface area contributed by atoms with Crippen molar-refractivity contribution in [3.8, 4) is 0 Å². The molecule has 1 unspecified atom stereocenters. The molecule has 0 bridgehead atoms. The molecule has 1 saturated carbocycles. The van der Waals surface area contributed by atoms with Crippen molar-refractivity contribution in [2.75, 3.05) is 19.8 Å². The molecule has 0 aromatic heterocycles. The minimum Gasteiger partial charge on any atom is -0.388 e. The molecule has 1 heterocycles. The quantitative estimate of drug-likeness (QED) is 0.875. The average molecular weight is 289 g/mol. The molecule has 2 N–H and O–H groups in total. The Morgan fingerprint density at radius 2 is 1.81 bits per heavy atom. The van der Waals surface area contributed by atoms with E-state index in [1.165, 1.54) is 31.2 Å². The van der Waals surface area contributed by atoms with Crippen molar-refractivity contribution in [2.45, 2.75) is 50.2 Å². The predicted octanol–water partition coefficient (Wildman–Crippen LogP) is 3.05. The van der Waals surface area contributed by atoms with Crippen LogP contribution in [0.2, 0.25) is 0 Å². The van der Waals surface area contributed by atoms with E-state index < -0.39 is 5.60 Å². The molecular weight excluding hydrogens is 262 g/mol. The van der Waals surface area contributed by atoms with Gasteiger partial charge in [0, 0.05) is 38.6 Å². The summed E-state index contributed by atoms with van der Waals surface area (Å²) in [7, 11) is 0. The van der Waals surface area contributed by atoms with Gasteiger partial charge < -0.3 is 15.2 Å². The fraction of sp³-hybridized carbons (Fsp3) is 0.667. The van der Waals surface area contributed by atoms with Gasteiger partial charge in [-0.15, -0.1) is 0 Å². The predicted molar refractivity (Wildman–Crippen MR) is 84.1 cm³/mol. The van der Waals surface area contributed by atoms with E-state index >= 15 is 0 Å². The molecule has 1 saturated heterocycles. The second-order valence-electron chi connectivity index (χ2n) is 6.65. The fourth-order valence-electron chi connectivity index (χ4n) is 3.74. The van der Waals surface area contributed by atoms with Gasteiger partial charge in [-0.2, -0.15) is 0 Å². The van der Waals surface area contributed by atoms with Crippen LogP contribution in [0, 0.1) is 5.92 Å². The monoisotopic (exact) mass is 289 g/mol. The van der Waals surface area contributed by atoms with Crippen molar-refractivity contribution in [3.05, 3.63) is 35.9 Å². The molecule has 3 nitrogen and oxygen atoms in total. The number of nitrogens with one attached hydrogen (secondary N) is 1. The topological polar surface area (TPSA) is 41.5 Å². The van der Waals surface area contributed by atoms with Crippen molar-refractivity contribution in [2.24, 2.45) is 5.92 Å². The van der Waals surface area contributed by atoms with Crippen LogP contribution in [0.1, 0.15) is 50.1 Å². The summed E-state index contributed by atoms with van der Waals surface area (Å²) in [6.45, 7) is 2.03. The van der Waals surface area contributed by atoms with E-state index in [1.54, 1.807) is 0 Å². The molecule has 0 amide bonds. The van der Waals surface area contributed by atoms with E-state index in [1.807, 2.05) is 0 Å². The number of aliphatic hydroxyl groups is 1. The minimum absolute atomic E-state index is 0.376. The highest BCUT2D eigenvalue weighted by atomic mass is 16.5. The number of hydrogen-bond acceptors (Lipinski definition) is 3. The largest absolute Gasteiger partial charge is 0.388 e. The maximum atomic E-state index is 10.7. The Morgan fingerprint density at radius 3 is 2.48 bits per heavy atom. The number of ether oxygens (including phenoxy) is 1. The number of hydrogen-bond donors (Lipinski definition) is 2. The molecule has 2 fully saturated rings. The fourth-order valence-corrected chi connectivity index (χ4v) is 3.74. The minimum atomic E-state index is -0.593. The van der Waals surface area contributed by atoms with Gasteiger partial charge in [0.15, 0.2) is 0 Å². The van der Waals surface area contributed by atoms with Gasteiger partial charge in [0.05, 0.1) is 5.60 Å². The zero-order chi connectivity index (χ0) is 14.5. The Hall–Kier alpha value is -0.900. The zero-order valence-electron chi connectivity index (χ0n) is 12.8. The van der Waals surface area contributed by atoms with Crippen LogP contribution in [0.25, 0.3) is 0 Å². The lowest BCUT2D eigenvalue weighted by atomic mass is 9.89. The smallest absolute Gasteiger partial charge is 0.0815 e. The van der Waals surface area contributed by atoms with Crippen LogP contribution in [-0.2, 0) is 4.74 Å². The average Bonchev–Trinajstić information content (AvgIpc) is 3.03. The van der Waals surface area contributed by atoms with Crippen LogP contribution in [0.5, 0.6) is 0 Å². The number of rotatable bonds is 5. The Bertz CT molecular complexity index is 422. The summed E-state index contributed by atoms with van der Waals surface area (Å²) in [6.07, 6.45) is 6.77. The summed E-state index contributed by atoms with van der Waals surface area (Å²) >= 11 is 0. The third kappa shape index (κ3) is 3.85. The van der Waals surface area contributed by atoms with Gasteiger partial charge in [-0.3, -0.25) is 0 Å². The van der Waals surface area contributed by atoms with Crippen LogP contribution in [-0.4, -0.2) is 30.5 Å². The molecule has 0 spiro atoms. The first-order valence-corrected chi connectivity index (χ1v) is 8.35. The van der Waals surface area contributed by atoms with E-state index in [2.05, 4.69) is 35.6 Å². The van der Waals surface area contributed by atoms with Crippen LogP contribution in [0.15, 0.2) is 30.3 Å². The molecule has 1 aromatic rings.